The first-order valence-corrected chi connectivity index (χ1v) is 3.57. The van der Waals surface area contributed by atoms with Crippen molar-refractivity contribution in [3.8, 4) is 0 Å². The number of hydrogen-bond acceptors (Lipinski definition) is 3. The lowest BCUT2D eigenvalue weighted by Gasteiger charge is -1.99. The Bertz CT molecular complexity index is 268. The summed E-state index contributed by atoms with van der Waals surface area (Å²) in [5.74, 6) is 0. The quantitative estimate of drug-likeness (QED) is 0.642. The van der Waals surface area contributed by atoms with E-state index in [1.807, 2.05) is 0 Å². The molecule has 0 radical (unpaired) electrons. The second-order valence-corrected chi connectivity index (χ2v) is 2.23. The van der Waals surface area contributed by atoms with Gasteiger partial charge in [-0.15, -0.1) is 0 Å². The van der Waals surface area contributed by atoms with Crippen molar-refractivity contribution >= 4 is 0 Å². The van der Waals surface area contributed by atoms with Crippen LogP contribution in [0.1, 0.15) is 6.42 Å². The number of rotatable bonds is 3. The predicted octanol–water partition coefficient (Wildman–Crippen LogP) is -0.408. The highest BCUT2D eigenvalue weighted by Gasteiger charge is 1.91. The number of aryl methyl sites for hydroxylation is 1. The van der Waals surface area contributed by atoms with Gasteiger partial charge in [0.2, 0.25) is 0 Å². The first-order chi connectivity index (χ1) is 5.34. The van der Waals surface area contributed by atoms with Crippen LogP contribution < -0.4 is 11.3 Å². The molecule has 0 aliphatic rings. The third kappa shape index (κ3) is 2.16. The van der Waals surface area contributed by atoms with Gasteiger partial charge < -0.3 is 5.73 Å². The first-order valence-electron chi connectivity index (χ1n) is 3.57. The summed E-state index contributed by atoms with van der Waals surface area (Å²) in [6, 6.07) is 3.12. The predicted molar refractivity (Wildman–Crippen MR) is 42.2 cm³/mol. The second-order valence-electron chi connectivity index (χ2n) is 2.23. The van der Waals surface area contributed by atoms with E-state index in [0.29, 0.717) is 13.1 Å². The van der Waals surface area contributed by atoms with E-state index in [4.69, 9.17) is 5.73 Å². The minimum atomic E-state index is -0.0686. The lowest BCUT2D eigenvalue weighted by molar-refractivity contribution is 0.553. The lowest BCUT2D eigenvalue weighted by atomic mass is 10.4. The molecule has 0 bridgehead atoms. The van der Waals surface area contributed by atoms with Gasteiger partial charge in [0.25, 0.3) is 5.56 Å². The molecular formula is C7H11N3O. The average molecular weight is 153 g/mol. The van der Waals surface area contributed by atoms with Crippen LogP contribution in [-0.4, -0.2) is 16.3 Å². The van der Waals surface area contributed by atoms with Crippen LogP contribution in [-0.2, 0) is 6.54 Å². The third-order valence-corrected chi connectivity index (χ3v) is 1.36. The standard InChI is InChI=1S/C7H11N3O/c8-4-2-6-10-7(11)3-1-5-9-10/h1,3,5H,2,4,6,8H2. The highest BCUT2D eigenvalue weighted by molar-refractivity contribution is 4.84. The highest BCUT2D eigenvalue weighted by Crippen LogP contribution is 1.79. The number of nitrogens with zero attached hydrogens (tertiary/aromatic N) is 2. The van der Waals surface area contributed by atoms with Gasteiger partial charge in [0.05, 0.1) is 0 Å². The Morgan fingerprint density at radius 2 is 2.45 bits per heavy atom. The number of hydrogen-bond donors (Lipinski definition) is 1. The molecule has 0 saturated heterocycles. The van der Waals surface area contributed by atoms with Gasteiger partial charge in [-0.1, -0.05) is 0 Å². The van der Waals surface area contributed by atoms with Crippen molar-refractivity contribution in [2.24, 2.45) is 5.73 Å². The summed E-state index contributed by atoms with van der Waals surface area (Å²) in [4.78, 5) is 11.0. The van der Waals surface area contributed by atoms with Crippen molar-refractivity contribution in [2.75, 3.05) is 6.54 Å². The third-order valence-electron chi connectivity index (χ3n) is 1.36. The van der Waals surface area contributed by atoms with Gasteiger partial charge in [0, 0.05) is 18.8 Å². The summed E-state index contributed by atoms with van der Waals surface area (Å²) in [6.45, 7) is 1.19. The maximum Gasteiger partial charge on any atom is 0.266 e. The maximum atomic E-state index is 11.0. The molecule has 60 valence electrons. The topological polar surface area (TPSA) is 60.9 Å². The SMILES string of the molecule is NCCCn1ncccc1=O. The van der Waals surface area contributed by atoms with E-state index in [-0.39, 0.29) is 5.56 Å². The van der Waals surface area contributed by atoms with Gasteiger partial charge in [0.1, 0.15) is 0 Å². The normalized spacial score (nSPS) is 9.91. The Balaban J connectivity index is 2.70. The van der Waals surface area contributed by atoms with Crippen LogP contribution in [0.25, 0.3) is 0 Å². The molecule has 0 saturated carbocycles. The van der Waals surface area contributed by atoms with E-state index in [0.717, 1.165) is 6.42 Å². The zero-order valence-electron chi connectivity index (χ0n) is 6.23. The Morgan fingerprint density at radius 3 is 3.09 bits per heavy atom. The van der Waals surface area contributed by atoms with Gasteiger partial charge in [-0.25, -0.2) is 4.68 Å². The van der Waals surface area contributed by atoms with Crippen LogP contribution in [0.15, 0.2) is 23.1 Å². The molecule has 0 aliphatic heterocycles. The van der Waals surface area contributed by atoms with Gasteiger partial charge in [-0.2, -0.15) is 5.10 Å². The summed E-state index contributed by atoms with van der Waals surface area (Å²) in [7, 11) is 0. The summed E-state index contributed by atoms with van der Waals surface area (Å²) in [6.07, 6.45) is 2.38. The van der Waals surface area contributed by atoms with E-state index in [1.54, 1.807) is 12.3 Å². The summed E-state index contributed by atoms with van der Waals surface area (Å²) in [5, 5.41) is 3.86. The van der Waals surface area contributed by atoms with Gasteiger partial charge in [-0.3, -0.25) is 4.79 Å². The summed E-state index contributed by atoms with van der Waals surface area (Å²) in [5.41, 5.74) is 5.21. The Hall–Kier alpha value is -1.16. The maximum absolute atomic E-state index is 11.0. The molecule has 0 unspecified atom stereocenters. The zero-order valence-corrected chi connectivity index (χ0v) is 6.23. The molecule has 2 N–H and O–H groups in total. The Kier molecular flexibility index (Phi) is 2.80. The lowest BCUT2D eigenvalue weighted by Crippen LogP contribution is -2.22. The molecule has 11 heavy (non-hydrogen) atoms. The monoisotopic (exact) mass is 153 g/mol. The minimum absolute atomic E-state index is 0.0686. The average Bonchev–Trinajstić information content (AvgIpc) is 2.03. The van der Waals surface area contributed by atoms with Crippen molar-refractivity contribution in [2.45, 2.75) is 13.0 Å². The molecule has 1 rings (SSSR count). The fraction of sp³-hybridized carbons (Fsp3) is 0.429. The van der Waals surface area contributed by atoms with Crippen molar-refractivity contribution in [1.82, 2.24) is 9.78 Å². The molecule has 0 spiro atoms. The summed E-state index contributed by atoms with van der Waals surface area (Å²) >= 11 is 0. The van der Waals surface area contributed by atoms with E-state index in [2.05, 4.69) is 5.10 Å². The van der Waals surface area contributed by atoms with Crippen LogP contribution in [0.2, 0.25) is 0 Å². The molecular weight excluding hydrogens is 142 g/mol. The number of nitrogens with two attached hydrogens (primary N) is 1. The van der Waals surface area contributed by atoms with Crippen molar-refractivity contribution < 1.29 is 0 Å². The van der Waals surface area contributed by atoms with Gasteiger partial charge >= 0.3 is 0 Å². The molecule has 0 amide bonds. The molecule has 0 aliphatic carbocycles. The fourth-order valence-corrected chi connectivity index (χ4v) is 0.796. The molecule has 4 nitrogen and oxygen atoms in total. The molecule has 1 aromatic rings. The number of aromatic nitrogens is 2. The Morgan fingerprint density at radius 1 is 1.64 bits per heavy atom. The Labute approximate surface area is 64.6 Å². The van der Waals surface area contributed by atoms with Crippen LogP contribution in [0, 0.1) is 0 Å². The van der Waals surface area contributed by atoms with Crippen molar-refractivity contribution in [1.29, 1.82) is 0 Å². The zero-order chi connectivity index (χ0) is 8.10. The molecule has 0 fully saturated rings. The molecule has 0 atom stereocenters. The van der Waals surface area contributed by atoms with Gasteiger partial charge in [-0.05, 0) is 19.0 Å². The summed E-state index contributed by atoms with van der Waals surface area (Å²) < 4.78 is 1.41. The van der Waals surface area contributed by atoms with Crippen LogP contribution in [0.4, 0.5) is 0 Å². The van der Waals surface area contributed by atoms with E-state index < -0.39 is 0 Å². The minimum Gasteiger partial charge on any atom is -0.330 e. The van der Waals surface area contributed by atoms with Gasteiger partial charge in [0.15, 0.2) is 0 Å². The van der Waals surface area contributed by atoms with E-state index in [1.165, 1.54) is 10.7 Å². The van der Waals surface area contributed by atoms with Crippen molar-refractivity contribution in [3.63, 3.8) is 0 Å². The van der Waals surface area contributed by atoms with E-state index in [9.17, 15) is 4.79 Å². The molecule has 4 heteroatoms. The molecule has 1 heterocycles. The van der Waals surface area contributed by atoms with Crippen LogP contribution >= 0.6 is 0 Å². The first kappa shape index (κ1) is 7.94. The highest BCUT2D eigenvalue weighted by atomic mass is 16.1. The van der Waals surface area contributed by atoms with E-state index >= 15 is 0 Å². The van der Waals surface area contributed by atoms with Crippen molar-refractivity contribution in [3.05, 3.63) is 28.7 Å². The largest absolute Gasteiger partial charge is 0.330 e. The fourth-order valence-electron chi connectivity index (χ4n) is 0.796. The van der Waals surface area contributed by atoms with Crippen LogP contribution in [0.3, 0.4) is 0 Å². The smallest absolute Gasteiger partial charge is 0.266 e. The second kappa shape index (κ2) is 3.88. The van der Waals surface area contributed by atoms with Crippen LogP contribution in [0.5, 0.6) is 0 Å². The molecule has 0 aromatic carbocycles. The molecule has 1 aromatic heterocycles.